The van der Waals surface area contributed by atoms with Crippen molar-refractivity contribution < 1.29 is 8.60 Å². The first-order valence-electron chi connectivity index (χ1n) is 5.63. The molecule has 1 N–H and O–H groups in total. The molecule has 1 aromatic rings. The monoisotopic (exact) mass is 275 g/mol. The van der Waals surface area contributed by atoms with Gasteiger partial charge in [-0.2, -0.15) is 0 Å². The summed E-state index contributed by atoms with van der Waals surface area (Å²) in [5.41, 5.74) is 0.829. The predicted octanol–water partition coefficient (Wildman–Crippen LogP) is 2.65. The van der Waals surface area contributed by atoms with Crippen LogP contribution in [0.15, 0.2) is 18.2 Å². The Morgan fingerprint density at radius 3 is 3.00 bits per heavy atom. The van der Waals surface area contributed by atoms with Crippen LogP contribution in [0.3, 0.4) is 0 Å². The Balaban J connectivity index is 2.24. The van der Waals surface area contributed by atoms with Crippen molar-refractivity contribution in [3.05, 3.63) is 34.6 Å². The Morgan fingerprint density at radius 1 is 1.53 bits per heavy atom. The van der Waals surface area contributed by atoms with Gasteiger partial charge in [-0.25, -0.2) is 4.39 Å². The van der Waals surface area contributed by atoms with E-state index in [9.17, 15) is 8.60 Å². The Labute approximate surface area is 108 Å². The summed E-state index contributed by atoms with van der Waals surface area (Å²) in [6.07, 6.45) is 0.891. The van der Waals surface area contributed by atoms with Crippen molar-refractivity contribution >= 4 is 22.4 Å². The topological polar surface area (TPSA) is 29.1 Å². The molecule has 0 amide bonds. The smallest absolute Gasteiger partial charge is 0.124 e. The van der Waals surface area contributed by atoms with Gasteiger partial charge in [-0.3, -0.25) is 4.21 Å². The minimum atomic E-state index is -0.861. The molecular weight excluding hydrogens is 261 g/mol. The molecule has 5 heteroatoms. The van der Waals surface area contributed by atoms with E-state index in [4.69, 9.17) is 11.6 Å². The van der Waals surface area contributed by atoms with Crippen molar-refractivity contribution in [2.45, 2.75) is 24.6 Å². The van der Waals surface area contributed by atoms with Crippen LogP contribution in [0.25, 0.3) is 0 Å². The van der Waals surface area contributed by atoms with E-state index < -0.39 is 10.8 Å². The molecule has 1 aromatic carbocycles. The van der Waals surface area contributed by atoms with Crippen LogP contribution >= 0.6 is 11.6 Å². The lowest BCUT2D eigenvalue weighted by Gasteiger charge is -2.17. The molecule has 1 aliphatic rings. The number of hydrogen-bond acceptors (Lipinski definition) is 2. The third-order valence-electron chi connectivity index (χ3n) is 3.06. The summed E-state index contributed by atoms with van der Waals surface area (Å²) < 4.78 is 24.9. The van der Waals surface area contributed by atoms with Crippen molar-refractivity contribution in [3.63, 3.8) is 0 Å². The number of halogens is 2. The van der Waals surface area contributed by atoms with Crippen LogP contribution in [-0.2, 0) is 10.8 Å². The molecule has 0 spiro atoms. The van der Waals surface area contributed by atoms with Crippen LogP contribution in [0.5, 0.6) is 0 Å². The first-order chi connectivity index (χ1) is 8.08. The fraction of sp³-hybridized carbons (Fsp3) is 0.500. The molecular formula is C12H15ClFNOS. The second kappa shape index (κ2) is 5.46. The SMILES string of the molecule is CC1CCNC(c2ccc(F)cc2Cl)CS1=O. The lowest BCUT2D eigenvalue weighted by Crippen LogP contribution is -2.24. The summed E-state index contributed by atoms with van der Waals surface area (Å²) in [4.78, 5) is 0. The van der Waals surface area contributed by atoms with Crippen LogP contribution in [0.2, 0.25) is 5.02 Å². The molecule has 0 radical (unpaired) electrons. The summed E-state index contributed by atoms with van der Waals surface area (Å²) >= 11 is 6.02. The maximum absolute atomic E-state index is 13.0. The molecule has 0 bridgehead atoms. The van der Waals surface area contributed by atoms with E-state index in [1.54, 1.807) is 6.07 Å². The van der Waals surface area contributed by atoms with Crippen molar-refractivity contribution in [3.8, 4) is 0 Å². The van der Waals surface area contributed by atoms with Gasteiger partial charge < -0.3 is 5.32 Å². The normalized spacial score (nSPS) is 29.9. The number of hydrogen-bond donors (Lipinski definition) is 1. The first-order valence-corrected chi connectivity index (χ1v) is 7.39. The molecule has 3 unspecified atom stereocenters. The molecule has 1 fully saturated rings. The van der Waals surface area contributed by atoms with E-state index in [2.05, 4.69) is 5.32 Å². The Hall–Kier alpha value is -0.450. The summed E-state index contributed by atoms with van der Waals surface area (Å²) in [5.74, 6) is 0.189. The summed E-state index contributed by atoms with van der Waals surface area (Å²) in [5, 5.41) is 3.92. The van der Waals surface area contributed by atoms with Gasteiger partial charge in [0.15, 0.2) is 0 Å². The number of nitrogens with one attached hydrogen (secondary N) is 1. The molecule has 0 saturated carbocycles. The second-order valence-electron chi connectivity index (χ2n) is 4.32. The van der Waals surface area contributed by atoms with Gasteiger partial charge in [0.25, 0.3) is 0 Å². The van der Waals surface area contributed by atoms with Crippen molar-refractivity contribution in [2.75, 3.05) is 12.3 Å². The maximum Gasteiger partial charge on any atom is 0.124 e. The van der Waals surface area contributed by atoms with Gasteiger partial charge >= 0.3 is 0 Å². The van der Waals surface area contributed by atoms with Crippen molar-refractivity contribution in [1.29, 1.82) is 0 Å². The van der Waals surface area contributed by atoms with Crippen LogP contribution < -0.4 is 5.32 Å². The quantitative estimate of drug-likeness (QED) is 0.854. The second-order valence-corrected chi connectivity index (χ2v) is 6.63. The molecule has 1 aliphatic heterocycles. The molecule has 0 aromatic heterocycles. The molecule has 17 heavy (non-hydrogen) atoms. The lowest BCUT2D eigenvalue weighted by atomic mass is 10.1. The van der Waals surface area contributed by atoms with Gasteiger partial charge in [0.2, 0.25) is 0 Å². The summed E-state index contributed by atoms with van der Waals surface area (Å²) in [7, 11) is -0.861. The summed E-state index contributed by atoms with van der Waals surface area (Å²) in [6, 6.07) is 4.31. The van der Waals surface area contributed by atoms with Gasteiger partial charge in [-0.1, -0.05) is 24.6 Å². The zero-order valence-corrected chi connectivity index (χ0v) is 11.2. The highest BCUT2D eigenvalue weighted by Crippen LogP contribution is 2.26. The van der Waals surface area contributed by atoms with Crippen molar-refractivity contribution in [1.82, 2.24) is 5.32 Å². The number of rotatable bonds is 1. The lowest BCUT2D eigenvalue weighted by molar-refractivity contribution is 0.575. The van der Waals surface area contributed by atoms with E-state index in [1.807, 2.05) is 6.92 Å². The molecule has 2 rings (SSSR count). The molecule has 0 aliphatic carbocycles. The van der Waals surface area contributed by atoms with E-state index in [1.165, 1.54) is 12.1 Å². The highest BCUT2D eigenvalue weighted by atomic mass is 35.5. The van der Waals surface area contributed by atoms with Crippen molar-refractivity contribution in [2.24, 2.45) is 0 Å². The molecule has 1 heterocycles. The molecule has 94 valence electrons. The standard InChI is InChI=1S/C12H15ClFNOS/c1-8-4-5-15-12(7-17(8)16)10-3-2-9(14)6-11(10)13/h2-3,6,8,12,15H,4-5,7H2,1H3. The summed E-state index contributed by atoms with van der Waals surface area (Å²) in [6.45, 7) is 2.80. The molecule has 3 atom stereocenters. The Kier molecular flexibility index (Phi) is 4.17. The van der Waals surface area contributed by atoms with Gasteiger partial charge in [0, 0.05) is 32.9 Å². The van der Waals surface area contributed by atoms with E-state index in [0.29, 0.717) is 10.8 Å². The largest absolute Gasteiger partial charge is 0.309 e. The van der Waals surface area contributed by atoms with Crippen LogP contribution in [0.4, 0.5) is 4.39 Å². The minimum absolute atomic E-state index is 0.0473. The zero-order valence-electron chi connectivity index (χ0n) is 9.58. The fourth-order valence-electron chi connectivity index (χ4n) is 1.96. The third-order valence-corrected chi connectivity index (χ3v) is 5.18. The third kappa shape index (κ3) is 3.06. The first kappa shape index (κ1) is 13.0. The average Bonchev–Trinajstić information content (AvgIpc) is 2.42. The van der Waals surface area contributed by atoms with Crippen LogP contribution in [0, 0.1) is 5.82 Å². The molecule has 1 saturated heterocycles. The average molecular weight is 276 g/mol. The van der Waals surface area contributed by atoms with Gasteiger partial charge in [-0.05, 0) is 30.7 Å². The predicted molar refractivity (Wildman–Crippen MR) is 69.2 cm³/mol. The fourth-order valence-corrected chi connectivity index (χ4v) is 3.60. The Bertz CT molecular complexity index is 441. The van der Waals surface area contributed by atoms with Crippen LogP contribution in [0.1, 0.15) is 24.9 Å². The zero-order chi connectivity index (χ0) is 12.4. The minimum Gasteiger partial charge on any atom is -0.309 e. The van der Waals surface area contributed by atoms with Crippen LogP contribution in [-0.4, -0.2) is 21.8 Å². The maximum atomic E-state index is 13.0. The Morgan fingerprint density at radius 2 is 2.29 bits per heavy atom. The van der Waals surface area contributed by atoms with E-state index >= 15 is 0 Å². The van der Waals surface area contributed by atoms with Gasteiger partial charge in [0.05, 0.1) is 0 Å². The van der Waals surface area contributed by atoms with E-state index in [-0.39, 0.29) is 17.1 Å². The highest BCUT2D eigenvalue weighted by Gasteiger charge is 2.24. The van der Waals surface area contributed by atoms with E-state index in [0.717, 1.165) is 18.5 Å². The highest BCUT2D eigenvalue weighted by molar-refractivity contribution is 7.85. The number of benzene rings is 1. The van der Waals surface area contributed by atoms with Gasteiger partial charge in [0.1, 0.15) is 5.82 Å². The van der Waals surface area contributed by atoms with Gasteiger partial charge in [-0.15, -0.1) is 0 Å². The molecule has 2 nitrogen and oxygen atoms in total.